The first-order valence-corrected chi connectivity index (χ1v) is 5.14. The molecule has 0 radical (unpaired) electrons. The van der Waals surface area contributed by atoms with Crippen LogP contribution in [0, 0.1) is 0 Å². The molecule has 0 N–H and O–H groups in total. The van der Waals surface area contributed by atoms with Gasteiger partial charge in [0, 0.05) is 18.0 Å². The van der Waals surface area contributed by atoms with Gasteiger partial charge in [0.1, 0.15) is 0 Å². The molecule has 0 aliphatic heterocycles. The summed E-state index contributed by atoms with van der Waals surface area (Å²) in [5, 5.41) is -0.321. The molecule has 1 heterocycles. The number of nitrogens with zero attached hydrogens (tertiary/aromatic N) is 1. The lowest BCUT2D eigenvalue weighted by atomic mass is 10.1. The van der Waals surface area contributed by atoms with Crippen LogP contribution in [0.3, 0.4) is 0 Å². The van der Waals surface area contributed by atoms with Crippen molar-refractivity contribution in [2.24, 2.45) is 0 Å². The predicted octanol–water partition coefficient (Wildman–Crippen LogP) is 4.42. The summed E-state index contributed by atoms with van der Waals surface area (Å²) in [4.78, 5) is 3.58. The van der Waals surface area contributed by atoms with Gasteiger partial charge in [0.25, 0.3) is 0 Å². The van der Waals surface area contributed by atoms with Gasteiger partial charge in [0.05, 0.1) is 10.6 Å². The van der Waals surface area contributed by atoms with Crippen molar-refractivity contribution in [3.05, 3.63) is 53.3 Å². The van der Waals surface area contributed by atoms with Gasteiger partial charge in [-0.05, 0) is 5.56 Å². The van der Waals surface area contributed by atoms with Crippen LogP contribution in [0.2, 0.25) is 5.02 Å². The molecule has 1 aromatic heterocycles. The van der Waals surface area contributed by atoms with Gasteiger partial charge in [0.2, 0.25) is 0 Å². The van der Waals surface area contributed by atoms with E-state index < -0.39 is 11.7 Å². The monoisotopic (exact) mass is 257 g/mol. The highest BCUT2D eigenvalue weighted by atomic mass is 35.5. The van der Waals surface area contributed by atoms with E-state index in [1.165, 1.54) is 6.20 Å². The van der Waals surface area contributed by atoms with Gasteiger partial charge in [-0.1, -0.05) is 41.9 Å². The summed E-state index contributed by atoms with van der Waals surface area (Å²) in [7, 11) is 0. The number of alkyl halides is 3. The fourth-order valence-corrected chi connectivity index (χ4v) is 1.78. The molecule has 2 rings (SSSR count). The second kappa shape index (κ2) is 4.37. The van der Waals surface area contributed by atoms with Crippen LogP contribution in [0.15, 0.2) is 42.7 Å². The van der Waals surface area contributed by atoms with Gasteiger partial charge in [-0.2, -0.15) is 13.2 Å². The highest BCUT2D eigenvalue weighted by Gasteiger charge is 2.34. The zero-order valence-corrected chi connectivity index (χ0v) is 9.26. The van der Waals surface area contributed by atoms with E-state index in [1.807, 2.05) is 0 Å². The molecule has 17 heavy (non-hydrogen) atoms. The van der Waals surface area contributed by atoms with E-state index >= 15 is 0 Å². The Hall–Kier alpha value is -1.55. The first-order valence-electron chi connectivity index (χ1n) is 4.76. The molecule has 0 saturated carbocycles. The molecule has 0 unspecified atom stereocenters. The van der Waals surface area contributed by atoms with Gasteiger partial charge in [-0.15, -0.1) is 0 Å². The molecule has 1 nitrogen and oxygen atoms in total. The van der Waals surface area contributed by atoms with E-state index in [0.29, 0.717) is 5.56 Å². The maximum Gasteiger partial charge on any atom is 0.419 e. The van der Waals surface area contributed by atoms with Gasteiger partial charge in [-0.25, -0.2) is 0 Å². The van der Waals surface area contributed by atoms with Crippen LogP contribution >= 0.6 is 11.6 Å². The molecule has 0 aliphatic rings. The Morgan fingerprint density at radius 3 is 2.24 bits per heavy atom. The maximum absolute atomic E-state index is 12.6. The molecule has 0 saturated heterocycles. The summed E-state index contributed by atoms with van der Waals surface area (Å²) in [5.74, 6) is 0. The van der Waals surface area contributed by atoms with Crippen molar-refractivity contribution >= 4 is 11.6 Å². The van der Waals surface area contributed by atoms with Crippen LogP contribution in [0.1, 0.15) is 5.56 Å². The summed E-state index contributed by atoms with van der Waals surface area (Å²) in [6, 6.07) is 8.60. The molecule has 88 valence electrons. The predicted molar refractivity (Wildman–Crippen MR) is 59.7 cm³/mol. The number of aromatic nitrogens is 1. The van der Waals surface area contributed by atoms with Gasteiger partial charge in [-0.3, -0.25) is 4.98 Å². The zero-order chi connectivity index (χ0) is 12.5. The van der Waals surface area contributed by atoms with Gasteiger partial charge < -0.3 is 0 Å². The number of halogens is 4. The Morgan fingerprint density at radius 1 is 1.00 bits per heavy atom. The van der Waals surface area contributed by atoms with E-state index in [4.69, 9.17) is 11.6 Å². The number of benzene rings is 1. The van der Waals surface area contributed by atoms with Crippen molar-refractivity contribution in [2.75, 3.05) is 0 Å². The van der Waals surface area contributed by atoms with Crippen LogP contribution < -0.4 is 0 Å². The van der Waals surface area contributed by atoms with Crippen LogP contribution in [0.4, 0.5) is 13.2 Å². The van der Waals surface area contributed by atoms with E-state index in [9.17, 15) is 13.2 Å². The summed E-state index contributed by atoms with van der Waals surface area (Å²) >= 11 is 5.77. The average molecular weight is 258 g/mol. The third kappa shape index (κ3) is 2.42. The highest BCUT2D eigenvalue weighted by Crippen LogP contribution is 2.38. The minimum atomic E-state index is -4.49. The van der Waals surface area contributed by atoms with E-state index in [0.717, 1.165) is 6.20 Å². The van der Waals surface area contributed by atoms with Crippen molar-refractivity contribution in [1.82, 2.24) is 4.98 Å². The molecule has 0 aliphatic carbocycles. The minimum absolute atomic E-state index is 0.280. The van der Waals surface area contributed by atoms with Crippen LogP contribution in [0.5, 0.6) is 0 Å². The molecule has 0 amide bonds. The maximum atomic E-state index is 12.6. The standard InChI is InChI=1S/C12H7ClF3N/c13-11-9(8-4-2-1-3-5-8)6-17-7-10(11)12(14,15)16/h1-7H. The number of hydrogen-bond donors (Lipinski definition) is 0. The molecule has 1 aromatic carbocycles. The molecule has 0 atom stereocenters. The largest absolute Gasteiger partial charge is 0.419 e. The second-order valence-corrected chi connectivity index (χ2v) is 3.79. The number of rotatable bonds is 1. The van der Waals surface area contributed by atoms with Crippen molar-refractivity contribution in [1.29, 1.82) is 0 Å². The number of pyridine rings is 1. The lowest BCUT2D eigenvalue weighted by Crippen LogP contribution is -2.07. The topological polar surface area (TPSA) is 12.9 Å². The second-order valence-electron chi connectivity index (χ2n) is 3.41. The van der Waals surface area contributed by atoms with Gasteiger partial charge in [0.15, 0.2) is 0 Å². The van der Waals surface area contributed by atoms with Crippen LogP contribution in [0.25, 0.3) is 11.1 Å². The van der Waals surface area contributed by atoms with E-state index in [1.54, 1.807) is 30.3 Å². The quantitative estimate of drug-likeness (QED) is 0.737. The highest BCUT2D eigenvalue weighted by molar-refractivity contribution is 6.34. The summed E-state index contributed by atoms with van der Waals surface area (Å²) in [6.07, 6.45) is -2.43. The first-order chi connectivity index (χ1) is 8.00. The van der Waals surface area contributed by atoms with Crippen molar-refractivity contribution in [3.63, 3.8) is 0 Å². The van der Waals surface area contributed by atoms with Crippen molar-refractivity contribution in [3.8, 4) is 11.1 Å². The first kappa shape index (κ1) is 11.9. The molecular formula is C12H7ClF3N. The van der Waals surface area contributed by atoms with E-state index in [-0.39, 0.29) is 10.6 Å². The molecule has 0 fully saturated rings. The van der Waals surface area contributed by atoms with Crippen molar-refractivity contribution in [2.45, 2.75) is 6.18 Å². The molecular weight excluding hydrogens is 251 g/mol. The Kier molecular flexibility index (Phi) is 3.07. The lowest BCUT2D eigenvalue weighted by molar-refractivity contribution is -0.137. The number of hydrogen-bond acceptors (Lipinski definition) is 1. The molecule has 2 aromatic rings. The summed E-state index contributed by atoms with van der Waals surface area (Å²) in [5.41, 5.74) is -0.0290. The third-order valence-corrected chi connectivity index (χ3v) is 2.68. The van der Waals surface area contributed by atoms with Crippen molar-refractivity contribution < 1.29 is 13.2 Å². The lowest BCUT2D eigenvalue weighted by Gasteiger charge is -2.11. The molecule has 0 bridgehead atoms. The SMILES string of the molecule is FC(F)(F)c1cncc(-c2ccccc2)c1Cl. The molecule has 0 spiro atoms. The van der Waals surface area contributed by atoms with Crippen LogP contribution in [-0.4, -0.2) is 4.98 Å². The smallest absolute Gasteiger partial charge is 0.263 e. The summed E-state index contributed by atoms with van der Waals surface area (Å²) in [6.45, 7) is 0. The Bertz CT molecular complexity index is 523. The normalized spacial score (nSPS) is 11.5. The molecule has 5 heteroatoms. The third-order valence-electron chi connectivity index (χ3n) is 2.27. The van der Waals surface area contributed by atoms with Crippen LogP contribution in [-0.2, 0) is 6.18 Å². The van der Waals surface area contributed by atoms with Gasteiger partial charge >= 0.3 is 6.18 Å². The Balaban J connectivity index is 2.58. The Morgan fingerprint density at radius 2 is 1.65 bits per heavy atom. The van der Waals surface area contributed by atoms with E-state index in [2.05, 4.69) is 4.98 Å². The zero-order valence-electron chi connectivity index (χ0n) is 8.50. The fraction of sp³-hybridized carbons (Fsp3) is 0.0833. The average Bonchev–Trinajstić information content (AvgIpc) is 2.29. The fourth-order valence-electron chi connectivity index (χ4n) is 1.46. The Labute approximate surface area is 101 Å². The summed E-state index contributed by atoms with van der Waals surface area (Å²) < 4.78 is 37.9. The minimum Gasteiger partial charge on any atom is -0.263 e.